The zero-order valence-electron chi connectivity index (χ0n) is 10.4. The van der Waals surface area contributed by atoms with Gasteiger partial charge in [0, 0.05) is 17.7 Å². The molecule has 0 spiro atoms. The zero-order valence-corrected chi connectivity index (χ0v) is 10.4. The fraction of sp³-hybridized carbons (Fsp3) is 0.0667. The van der Waals surface area contributed by atoms with Crippen molar-refractivity contribution in [3.05, 3.63) is 70.9 Å². The largest absolute Gasteiger partial charge is 0.618 e. The first-order chi connectivity index (χ1) is 9.20. The summed E-state index contributed by atoms with van der Waals surface area (Å²) in [5.74, 6) is -0.395. The Kier molecular flexibility index (Phi) is 3.93. The van der Waals surface area contributed by atoms with Gasteiger partial charge in [-0.1, -0.05) is 18.2 Å². The van der Waals surface area contributed by atoms with Crippen LogP contribution in [0.3, 0.4) is 0 Å². The van der Waals surface area contributed by atoms with Crippen LogP contribution in [-0.2, 0) is 4.74 Å². The second-order valence-electron chi connectivity index (χ2n) is 3.90. The Morgan fingerprint density at radius 1 is 1.11 bits per heavy atom. The van der Waals surface area contributed by atoms with Crippen LogP contribution in [0.4, 0.5) is 5.69 Å². The van der Waals surface area contributed by atoms with Gasteiger partial charge in [-0.15, -0.1) is 0 Å². The number of nitrogens with zero attached hydrogens (tertiary/aromatic N) is 1. The molecule has 0 saturated heterocycles. The van der Waals surface area contributed by atoms with Gasteiger partial charge in [0.15, 0.2) is 6.21 Å². The lowest BCUT2D eigenvalue weighted by Crippen LogP contribution is -2.02. The van der Waals surface area contributed by atoms with E-state index in [9.17, 15) is 10.0 Å². The van der Waals surface area contributed by atoms with Crippen LogP contribution in [0.15, 0.2) is 54.6 Å². The molecule has 0 aliphatic heterocycles. The number of hydrogen-bond acceptors (Lipinski definition) is 3. The molecule has 4 heteroatoms. The van der Waals surface area contributed by atoms with Crippen LogP contribution in [-0.4, -0.2) is 24.0 Å². The molecular formula is C15H13NO3. The smallest absolute Gasteiger partial charge is 0.337 e. The van der Waals surface area contributed by atoms with Crippen molar-refractivity contribution < 1.29 is 14.3 Å². The highest BCUT2D eigenvalue weighted by molar-refractivity contribution is 5.90. The van der Waals surface area contributed by atoms with Crippen LogP contribution >= 0.6 is 0 Å². The summed E-state index contributed by atoms with van der Waals surface area (Å²) in [7, 11) is 1.33. The van der Waals surface area contributed by atoms with Gasteiger partial charge in [-0.25, -0.2) is 4.79 Å². The number of carbonyl (C=O) groups is 1. The zero-order chi connectivity index (χ0) is 13.7. The van der Waals surface area contributed by atoms with Gasteiger partial charge in [-0.05, 0) is 24.3 Å². The molecule has 0 aliphatic rings. The van der Waals surface area contributed by atoms with Crippen LogP contribution in [0.25, 0.3) is 0 Å². The molecule has 96 valence electrons. The maximum Gasteiger partial charge on any atom is 0.337 e. The van der Waals surface area contributed by atoms with Gasteiger partial charge in [0.1, 0.15) is 0 Å². The summed E-state index contributed by atoms with van der Waals surface area (Å²) in [6.07, 6.45) is 1.45. The molecule has 0 unspecified atom stereocenters. The van der Waals surface area contributed by atoms with E-state index in [1.807, 2.05) is 6.07 Å². The van der Waals surface area contributed by atoms with Gasteiger partial charge >= 0.3 is 5.97 Å². The maximum atomic E-state index is 11.9. The molecule has 19 heavy (non-hydrogen) atoms. The summed E-state index contributed by atoms with van der Waals surface area (Å²) in [5.41, 5.74) is 1.72. The molecule has 0 aliphatic carbocycles. The monoisotopic (exact) mass is 255 g/mol. The molecule has 2 aromatic carbocycles. The van der Waals surface area contributed by atoms with E-state index in [4.69, 9.17) is 0 Å². The Morgan fingerprint density at radius 2 is 1.74 bits per heavy atom. The number of esters is 1. The first kappa shape index (κ1) is 12.8. The number of hydrogen-bond donors (Lipinski definition) is 0. The van der Waals surface area contributed by atoms with E-state index in [0.29, 0.717) is 16.8 Å². The molecule has 0 bridgehead atoms. The molecule has 0 aromatic heterocycles. The summed E-state index contributed by atoms with van der Waals surface area (Å²) >= 11 is 0. The number of para-hydroxylation sites is 1. The first-order valence-corrected chi connectivity index (χ1v) is 5.75. The Labute approximate surface area is 111 Å². The third kappa shape index (κ3) is 3.19. The third-order valence-electron chi connectivity index (χ3n) is 2.61. The van der Waals surface area contributed by atoms with Crippen molar-refractivity contribution in [2.75, 3.05) is 7.11 Å². The second-order valence-corrected chi connectivity index (χ2v) is 3.90. The summed E-state index contributed by atoms with van der Waals surface area (Å²) in [6, 6.07) is 15.5. The molecule has 0 N–H and O–H groups in total. The van der Waals surface area contributed by atoms with E-state index in [2.05, 4.69) is 4.74 Å². The SMILES string of the molecule is COC(=O)c1ccc(C=[N+]([O-])c2ccccc2)cc1. The molecule has 0 fully saturated rings. The van der Waals surface area contributed by atoms with Gasteiger partial charge in [0.05, 0.1) is 12.7 Å². The average Bonchev–Trinajstić information content (AvgIpc) is 2.48. The van der Waals surface area contributed by atoms with Crippen molar-refractivity contribution >= 4 is 17.9 Å². The van der Waals surface area contributed by atoms with Gasteiger partial charge in [-0.2, -0.15) is 4.74 Å². The van der Waals surface area contributed by atoms with Gasteiger partial charge in [-0.3, -0.25) is 0 Å². The van der Waals surface area contributed by atoms with Gasteiger partial charge in [0.25, 0.3) is 0 Å². The van der Waals surface area contributed by atoms with E-state index in [1.54, 1.807) is 48.5 Å². The van der Waals surface area contributed by atoms with Crippen molar-refractivity contribution in [3.63, 3.8) is 0 Å². The van der Waals surface area contributed by atoms with Crippen molar-refractivity contribution in [1.29, 1.82) is 0 Å². The first-order valence-electron chi connectivity index (χ1n) is 5.75. The van der Waals surface area contributed by atoms with Crippen molar-refractivity contribution in [2.45, 2.75) is 0 Å². The fourth-order valence-corrected chi connectivity index (χ4v) is 1.61. The number of benzene rings is 2. The maximum absolute atomic E-state index is 11.9. The molecule has 0 atom stereocenters. The second kappa shape index (κ2) is 5.82. The topological polar surface area (TPSA) is 52.4 Å². The van der Waals surface area contributed by atoms with Crippen molar-refractivity contribution in [1.82, 2.24) is 0 Å². The molecule has 0 radical (unpaired) electrons. The molecule has 0 heterocycles. The van der Waals surface area contributed by atoms with Gasteiger partial charge in [0.2, 0.25) is 5.69 Å². The Bertz CT molecular complexity index is 589. The lowest BCUT2D eigenvalue weighted by Gasteiger charge is -2.03. The number of rotatable bonds is 3. The van der Waals surface area contributed by atoms with Crippen LogP contribution in [0.5, 0.6) is 0 Å². The molecule has 4 nitrogen and oxygen atoms in total. The standard InChI is InChI=1S/C15H13NO3/c1-19-15(17)13-9-7-12(8-10-13)11-16(18)14-5-3-2-4-6-14/h2-11H,1H3. The fourth-order valence-electron chi connectivity index (χ4n) is 1.61. The Morgan fingerprint density at radius 3 is 2.32 bits per heavy atom. The van der Waals surface area contributed by atoms with Gasteiger partial charge < -0.3 is 9.94 Å². The highest BCUT2D eigenvalue weighted by Gasteiger charge is 2.05. The van der Waals surface area contributed by atoms with Crippen LogP contribution in [0.1, 0.15) is 15.9 Å². The third-order valence-corrected chi connectivity index (χ3v) is 2.61. The Balaban J connectivity index is 2.22. The number of methoxy groups -OCH3 is 1. The van der Waals surface area contributed by atoms with E-state index in [1.165, 1.54) is 13.3 Å². The highest BCUT2D eigenvalue weighted by Crippen LogP contribution is 2.10. The summed E-state index contributed by atoms with van der Waals surface area (Å²) < 4.78 is 5.39. The normalized spacial score (nSPS) is 11.1. The lowest BCUT2D eigenvalue weighted by atomic mass is 10.1. The van der Waals surface area contributed by atoms with E-state index in [0.717, 1.165) is 4.74 Å². The summed E-state index contributed by atoms with van der Waals surface area (Å²) in [4.78, 5) is 11.3. The highest BCUT2D eigenvalue weighted by atomic mass is 16.5. The quantitative estimate of drug-likeness (QED) is 0.278. The average molecular weight is 255 g/mol. The van der Waals surface area contributed by atoms with E-state index >= 15 is 0 Å². The van der Waals surface area contributed by atoms with E-state index in [-0.39, 0.29) is 0 Å². The Hall–Kier alpha value is -2.62. The minimum absolute atomic E-state index is 0.395. The molecule has 2 aromatic rings. The van der Waals surface area contributed by atoms with Crippen molar-refractivity contribution in [3.8, 4) is 0 Å². The predicted molar refractivity (Wildman–Crippen MR) is 72.7 cm³/mol. The minimum atomic E-state index is -0.395. The summed E-state index contributed by atoms with van der Waals surface area (Å²) in [6.45, 7) is 0. The van der Waals surface area contributed by atoms with Crippen LogP contribution < -0.4 is 0 Å². The minimum Gasteiger partial charge on any atom is -0.618 e. The van der Waals surface area contributed by atoms with Crippen molar-refractivity contribution in [2.24, 2.45) is 0 Å². The predicted octanol–water partition coefficient (Wildman–Crippen LogP) is 2.73. The number of carbonyl (C=O) groups excluding carboxylic acids is 1. The number of ether oxygens (including phenoxy) is 1. The molecule has 0 amide bonds. The van der Waals surface area contributed by atoms with Crippen LogP contribution in [0.2, 0.25) is 0 Å². The lowest BCUT2D eigenvalue weighted by molar-refractivity contribution is -0.354. The molecular weight excluding hydrogens is 242 g/mol. The van der Waals surface area contributed by atoms with Crippen LogP contribution in [0, 0.1) is 5.21 Å². The molecule has 0 saturated carbocycles. The van der Waals surface area contributed by atoms with E-state index < -0.39 is 5.97 Å². The molecule has 2 rings (SSSR count). The summed E-state index contributed by atoms with van der Waals surface area (Å²) in [5, 5.41) is 11.9.